The van der Waals surface area contributed by atoms with Gasteiger partial charge in [0.05, 0.1) is 0 Å². The van der Waals surface area contributed by atoms with E-state index in [1.807, 2.05) is 152 Å². The van der Waals surface area contributed by atoms with Crippen LogP contribution in [0.5, 0.6) is 0 Å². The lowest BCUT2D eigenvalue weighted by molar-refractivity contribution is 1.58. The molecule has 5 heterocycles. The van der Waals surface area contributed by atoms with Gasteiger partial charge in [-0.25, -0.2) is 0 Å². The first kappa shape index (κ1) is 35.7. The number of hydrogen-bond donors (Lipinski definition) is 0. The third kappa shape index (κ3) is 30.9. The summed E-state index contributed by atoms with van der Waals surface area (Å²) >= 11 is 0. The highest BCUT2D eigenvalue weighted by atomic mass is 35.5. The molecule has 0 radical (unpaired) electrons. The molecular weight excluding hydrogens is 526 g/mol. The highest BCUT2D eigenvalue weighted by Crippen LogP contribution is 1.86. The van der Waals surface area contributed by atoms with Gasteiger partial charge in [0, 0.05) is 62.1 Å². The molecule has 6 heteroatoms. The van der Waals surface area contributed by atoms with E-state index in [2.05, 4.69) is 25.0 Å². The second kappa shape index (κ2) is 32.8. The van der Waals surface area contributed by atoms with Crippen LogP contribution in [0.15, 0.2) is 208 Å². The topological polar surface area (TPSA) is 61.8 Å². The molecule has 5 aliphatic rings. The van der Waals surface area contributed by atoms with Gasteiger partial charge in [-0.3, -0.25) is 25.0 Å². The summed E-state index contributed by atoms with van der Waals surface area (Å²) in [4.78, 5) is 19.4. The Labute approximate surface area is 250 Å². The lowest BCUT2D eigenvalue weighted by Gasteiger charge is -1.77. The third-order valence-corrected chi connectivity index (χ3v) is 3.94. The summed E-state index contributed by atoms with van der Waals surface area (Å²) in [7, 11) is 0. The van der Waals surface area contributed by atoms with Gasteiger partial charge in [0.2, 0.25) is 0 Å². The molecule has 0 bridgehead atoms. The van der Waals surface area contributed by atoms with E-state index < -0.39 is 0 Å². The van der Waals surface area contributed by atoms with Crippen molar-refractivity contribution < 1.29 is 0 Å². The molecule has 0 aromatic heterocycles. The summed E-state index contributed by atoms with van der Waals surface area (Å²) in [6.45, 7) is 0. The second-order valence-electron chi connectivity index (χ2n) is 7.05. The Balaban J connectivity index is 0.000000485. The summed E-state index contributed by atoms with van der Waals surface area (Å²) in [6, 6.07) is 0. The fraction of sp³-hybridized carbons (Fsp3) is 0. The summed E-state index contributed by atoms with van der Waals surface area (Å²) < 4.78 is 0. The summed E-state index contributed by atoms with van der Waals surface area (Å²) in [5.74, 6) is 0. The van der Waals surface area contributed by atoms with Crippen LogP contribution >= 0.6 is 12.4 Å². The third-order valence-electron chi connectivity index (χ3n) is 3.94. The van der Waals surface area contributed by atoms with Crippen LogP contribution in [0.2, 0.25) is 0 Å². The van der Waals surface area contributed by atoms with E-state index in [0.717, 1.165) is 0 Å². The van der Waals surface area contributed by atoms with Crippen LogP contribution in [0.3, 0.4) is 0 Å². The average Bonchev–Trinajstić information content (AvgIpc) is 2.84. The maximum atomic E-state index is 3.89. The van der Waals surface area contributed by atoms with Crippen molar-refractivity contribution in [2.75, 3.05) is 0 Å². The summed E-state index contributed by atoms with van der Waals surface area (Å²) in [5.41, 5.74) is 0. The number of halogens is 1. The predicted molar refractivity (Wildman–Crippen MR) is 187 cm³/mol. The molecule has 5 aliphatic heterocycles. The molecule has 0 aromatic rings. The first-order chi connectivity index (χ1) is 20.0. The van der Waals surface area contributed by atoms with Crippen molar-refractivity contribution in [3.05, 3.63) is 183 Å². The van der Waals surface area contributed by atoms with Gasteiger partial charge in [0.15, 0.2) is 0 Å². The number of hydrogen-bond acceptors (Lipinski definition) is 5. The minimum absolute atomic E-state index is 0. The van der Waals surface area contributed by atoms with Gasteiger partial charge in [-0.1, -0.05) is 91.1 Å². The highest BCUT2D eigenvalue weighted by Gasteiger charge is 1.69. The number of aliphatic imine (C=N–C) groups is 5. The molecule has 0 amide bonds. The van der Waals surface area contributed by atoms with Crippen LogP contribution in [0.1, 0.15) is 0 Å². The smallest absolute Gasteiger partial charge is 0.0267 e. The van der Waals surface area contributed by atoms with Crippen molar-refractivity contribution in [3.8, 4) is 0 Å². The Kier molecular flexibility index (Phi) is 28.6. The van der Waals surface area contributed by atoms with E-state index in [1.54, 1.807) is 62.1 Å². The monoisotopic (exact) mass is 561 g/mol. The molecule has 0 atom stereocenters. The van der Waals surface area contributed by atoms with E-state index in [9.17, 15) is 0 Å². The standard InChI is InChI=1S/5C7H7N.ClH/c5*1-2-4-6-8-7-5-3-1;/h5*1-7H;1H/b5*2-1-,3-1?,4-2?,5-3-,6-4-,7-5?,8-6?,8-7-;. The number of nitrogens with zero attached hydrogens (tertiary/aromatic N) is 5. The fourth-order valence-electron chi connectivity index (χ4n) is 2.20. The zero-order valence-corrected chi connectivity index (χ0v) is 23.7. The van der Waals surface area contributed by atoms with Gasteiger partial charge >= 0.3 is 0 Å². The van der Waals surface area contributed by atoms with E-state index in [4.69, 9.17) is 0 Å². The highest BCUT2D eigenvalue weighted by molar-refractivity contribution is 5.85. The largest absolute Gasteiger partial charge is 0.265 e. The van der Waals surface area contributed by atoms with E-state index in [-0.39, 0.29) is 12.4 Å². The van der Waals surface area contributed by atoms with Gasteiger partial charge < -0.3 is 0 Å². The van der Waals surface area contributed by atoms with Crippen LogP contribution in [-0.2, 0) is 0 Å². The van der Waals surface area contributed by atoms with Gasteiger partial charge in [-0.2, -0.15) is 0 Å². The zero-order chi connectivity index (χ0) is 28.3. The maximum absolute atomic E-state index is 3.89. The minimum Gasteiger partial charge on any atom is -0.265 e. The first-order valence-corrected chi connectivity index (χ1v) is 12.6. The first-order valence-electron chi connectivity index (χ1n) is 12.6. The second-order valence-corrected chi connectivity index (χ2v) is 7.05. The van der Waals surface area contributed by atoms with Crippen LogP contribution < -0.4 is 0 Å². The zero-order valence-electron chi connectivity index (χ0n) is 22.9. The van der Waals surface area contributed by atoms with Crippen LogP contribution in [0, 0.1) is 0 Å². The van der Waals surface area contributed by atoms with Gasteiger partial charge in [0.25, 0.3) is 0 Å². The molecule has 0 unspecified atom stereocenters. The number of allylic oxidation sites excluding steroid dienone is 25. The molecule has 0 N–H and O–H groups in total. The van der Waals surface area contributed by atoms with Gasteiger partial charge in [0.1, 0.15) is 0 Å². The van der Waals surface area contributed by atoms with Crippen molar-refractivity contribution in [1.29, 1.82) is 0 Å². The van der Waals surface area contributed by atoms with Crippen molar-refractivity contribution >= 4 is 43.5 Å². The average molecular weight is 562 g/mol. The van der Waals surface area contributed by atoms with E-state index in [0.29, 0.717) is 0 Å². The minimum atomic E-state index is 0. The van der Waals surface area contributed by atoms with Crippen molar-refractivity contribution in [3.63, 3.8) is 0 Å². The Morgan fingerprint density at radius 1 is 0.171 bits per heavy atom. The predicted octanol–water partition coefficient (Wildman–Crippen LogP) is 8.91. The Morgan fingerprint density at radius 2 is 0.317 bits per heavy atom. The SMILES string of the molecule is C1=C\C=C/N=C\C=C/1.C1=C\C=C/N=C\C=C/1.C1=C\C=C/N=C\C=C/1.C1=C\C=C/N=C\C=C/1.C1=C\C=C/N=C\C=C/1.Cl. The van der Waals surface area contributed by atoms with Crippen molar-refractivity contribution in [1.82, 2.24) is 0 Å². The number of rotatable bonds is 0. The normalized spacial score (nSPS) is 31.2. The Bertz CT molecular complexity index is 765. The molecule has 0 aliphatic carbocycles. The lowest BCUT2D eigenvalue weighted by atomic mass is 10.4. The maximum Gasteiger partial charge on any atom is 0.0267 e. The fourth-order valence-corrected chi connectivity index (χ4v) is 2.20. The van der Waals surface area contributed by atoms with Gasteiger partial charge in [-0.15, -0.1) is 12.4 Å². The van der Waals surface area contributed by atoms with E-state index in [1.165, 1.54) is 0 Å². The molecule has 0 spiro atoms. The molecular formula is C35H36ClN5. The van der Waals surface area contributed by atoms with E-state index >= 15 is 0 Å². The molecule has 0 saturated carbocycles. The Morgan fingerprint density at radius 3 is 0.512 bits per heavy atom. The quantitative estimate of drug-likeness (QED) is 0.283. The van der Waals surface area contributed by atoms with Gasteiger partial charge in [-0.05, 0) is 60.8 Å². The molecule has 5 rings (SSSR count). The molecule has 208 valence electrons. The Hall–Kier alpha value is -5.26. The van der Waals surface area contributed by atoms with Crippen molar-refractivity contribution in [2.24, 2.45) is 25.0 Å². The molecule has 0 saturated heterocycles. The van der Waals surface area contributed by atoms with Crippen LogP contribution in [0.25, 0.3) is 0 Å². The molecule has 5 nitrogen and oxygen atoms in total. The van der Waals surface area contributed by atoms with Crippen LogP contribution in [-0.4, -0.2) is 31.1 Å². The van der Waals surface area contributed by atoms with Crippen LogP contribution in [0.4, 0.5) is 0 Å². The lowest BCUT2D eigenvalue weighted by Crippen LogP contribution is -1.63. The molecule has 41 heavy (non-hydrogen) atoms. The summed E-state index contributed by atoms with van der Waals surface area (Å²) in [6.07, 6.45) is 65.6. The summed E-state index contributed by atoms with van der Waals surface area (Å²) in [5, 5.41) is 0. The molecule has 0 fully saturated rings. The van der Waals surface area contributed by atoms with Crippen molar-refractivity contribution in [2.45, 2.75) is 0 Å². The molecule has 0 aromatic carbocycles.